The highest BCUT2D eigenvalue weighted by molar-refractivity contribution is 5.84. The molecule has 3 heterocycles. The number of carbonyl (C=O) groups is 1. The van der Waals surface area contributed by atoms with Gasteiger partial charge in [0.15, 0.2) is 0 Å². The number of hydrogen-bond donors (Lipinski definition) is 2. The molecular formula is C23H26FN5O2. The van der Waals surface area contributed by atoms with Crippen LogP contribution in [-0.2, 0) is 17.9 Å². The van der Waals surface area contributed by atoms with Crippen LogP contribution in [0.5, 0.6) is 0 Å². The summed E-state index contributed by atoms with van der Waals surface area (Å²) in [6, 6.07) is 10.0. The van der Waals surface area contributed by atoms with Crippen LogP contribution < -0.4 is 5.32 Å². The third kappa shape index (κ3) is 4.29. The van der Waals surface area contributed by atoms with E-state index in [2.05, 4.69) is 10.3 Å². The molecule has 31 heavy (non-hydrogen) atoms. The lowest BCUT2D eigenvalue weighted by atomic mass is 9.98. The molecule has 162 valence electrons. The third-order valence-electron chi connectivity index (χ3n) is 5.50. The summed E-state index contributed by atoms with van der Waals surface area (Å²) in [6.07, 6.45) is 1.98. The van der Waals surface area contributed by atoms with Crippen LogP contribution in [-0.4, -0.2) is 43.5 Å². The van der Waals surface area contributed by atoms with Gasteiger partial charge in [0.2, 0.25) is 5.91 Å². The first-order valence-corrected chi connectivity index (χ1v) is 10.5. The largest absolute Gasteiger partial charge is 0.374 e. The monoisotopic (exact) mass is 423 g/mol. The number of hydrogen-bond acceptors (Lipinski definition) is 5. The molecular weight excluding hydrogens is 397 g/mol. The predicted molar refractivity (Wildman–Crippen MR) is 116 cm³/mol. The average Bonchev–Trinajstić information content (AvgIpc) is 3.17. The van der Waals surface area contributed by atoms with Crippen molar-refractivity contribution >= 4 is 11.7 Å². The molecule has 2 aromatic heterocycles. The van der Waals surface area contributed by atoms with Gasteiger partial charge in [-0.3, -0.25) is 9.48 Å². The number of halogens is 1. The first-order valence-electron chi connectivity index (χ1n) is 10.5. The number of carbonyl (C=O) groups excluding carboxylic acids is 1. The number of benzene rings is 1. The van der Waals surface area contributed by atoms with E-state index in [1.54, 1.807) is 18.3 Å². The zero-order chi connectivity index (χ0) is 22.0. The molecule has 2 N–H and O–H groups in total. The van der Waals surface area contributed by atoms with Crippen LogP contribution in [0.15, 0.2) is 42.6 Å². The fourth-order valence-electron chi connectivity index (χ4n) is 3.81. The smallest absolute Gasteiger partial charge is 0.222 e. The van der Waals surface area contributed by atoms with Gasteiger partial charge in [-0.1, -0.05) is 13.8 Å². The molecule has 1 amide bonds. The number of aliphatic hydroxyl groups excluding tert-OH is 1. The number of aliphatic hydroxyl groups is 1. The molecule has 7 nitrogen and oxygen atoms in total. The van der Waals surface area contributed by atoms with Gasteiger partial charge in [0.25, 0.3) is 0 Å². The summed E-state index contributed by atoms with van der Waals surface area (Å²) < 4.78 is 15.5. The number of nitrogens with one attached hydrogen (secondary N) is 1. The van der Waals surface area contributed by atoms with Crippen LogP contribution in [0.3, 0.4) is 0 Å². The topological polar surface area (TPSA) is 83.3 Å². The molecule has 0 spiro atoms. The van der Waals surface area contributed by atoms with Crippen molar-refractivity contribution in [3.63, 3.8) is 0 Å². The first kappa shape index (κ1) is 21.0. The van der Waals surface area contributed by atoms with Gasteiger partial charge >= 0.3 is 0 Å². The Balaban J connectivity index is 1.83. The van der Waals surface area contributed by atoms with Gasteiger partial charge in [-0.2, -0.15) is 5.10 Å². The summed E-state index contributed by atoms with van der Waals surface area (Å²) in [5.74, 6) is 0.344. The fourth-order valence-corrected chi connectivity index (χ4v) is 3.81. The number of aromatic nitrogens is 3. The SMILES string of the molecule is CCC(=O)N1CCn2nc(-c3ccc(F)cc3)c(-c3ccnc(NC(O)CC)c3)c2C1. The lowest BCUT2D eigenvalue weighted by Gasteiger charge is -2.28. The number of rotatable bonds is 6. The van der Waals surface area contributed by atoms with Gasteiger partial charge in [-0.05, 0) is 48.4 Å². The van der Waals surface area contributed by atoms with Gasteiger partial charge in [0.1, 0.15) is 23.6 Å². The lowest BCUT2D eigenvalue weighted by molar-refractivity contribution is -0.132. The van der Waals surface area contributed by atoms with Gasteiger partial charge in [0.05, 0.1) is 18.8 Å². The molecule has 1 atom stereocenters. The molecule has 4 rings (SSSR count). The quantitative estimate of drug-likeness (QED) is 0.592. The second-order valence-electron chi connectivity index (χ2n) is 7.57. The van der Waals surface area contributed by atoms with Gasteiger partial charge in [0, 0.05) is 30.3 Å². The number of fused-ring (bicyclic) bond motifs is 1. The van der Waals surface area contributed by atoms with Crippen molar-refractivity contribution in [3.05, 3.63) is 54.1 Å². The molecule has 0 saturated carbocycles. The minimum absolute atomic E-state index is 0.102. The van der Waals surface area contributed by atoms with E-state index in [4.69, 9.17) is 5.10 Å². The maximum Gasteiger partial charge on any atom is 0.222 e. The van der Waals surface area contributed by atoms with Crippen LogP contribution >= 0.6 is 0 Å². The second-order valence-corrected chi connectivity index (χ2v) is 7.57. The standard InChI is InChI=1S/C23H26FN5O2/c1-3-20(30)26-19-13-16(9-10-25-19)22-18-14-28(21(31)4-2)11-12-29(18)27-23(22)15-5-7-17(24)8-6-15/h5-10,13,20,30H,3-4,11-12,14H2,1-2H3,(H,25,26). The molecule has 0 radical (unpaired) electrons. The van der Waals surface area contributed by atoms with E-state index >= 15 is 0 Å². The number of amides is 1. The third-order valence-corrected chi connectivity index (χ3v) is 5.50. The zero-order valence-electron chi connectivity index (χ0n) is 17.7. The molecule has 1 aliphatic rings. The molecule has 3 aromatic rings. The van der Waals surface area contributed by atoms with Crippen molar-refractivity contribution in [2.75, 3.05) is 11.9 Å². The predicted octanol–water partition coefficient (Wildman–Crippen LogP) is 3.64. The first-order chi connectivity index (χ1) is 15.0. The molecule has 0 fully saturated rings. The van der Waals surface area contributed by atoms with Crippen molar-refractivity contribution in [2.45, 2.75) is 46.0 Å². The van der Waals surface area contributed by atoms with E-state index in [9.17, 15) is 14.3 Å². The van der Waals surface area contributed by atoms with E-state index in [1.165, 1.54) is 12.1 Å². The van der Waals surface area contributed by atoms with Crippen molar-refractivity contribution in [1.82, 2.24) is 19.7 Å². The van der Waals surface area contributed by atoms with Gasteiger partial charge < -0.3 is 15.3 Å². The summed E-state index contributed by atoms with van der Waals surface area (Å²) in [4.78, 5) is 18.5. The van der Waals surface area contributed by atoms with Crippen LogP contribution in [0.2, 0.25) is 0 Å². The van der Waals surface area contributed by atoms with E-state index in [0.29, 0.717) is 38.3 Å². The summed E-state index contributed by atoms with van der Waals surface area (Å²) in [5, 5.41) is 17.8. The Hall–Kier alpha value is -3.26. The molecule has 1 unspecified atom stereocenters. The number of pyridine rings is 1. The Morgan fingerprint density at radius 3 is 2.68 bits per heavy atom. The van der Waals surface area contributed by atoms with E-state index in [-0.39, 0.29) is 11.7 Å². The van der Waals surface area contributed by atoms with Gasteiger partial charge in [-0.15, -0.1) is 0 Å². The molecule has 1 aromatic carbocycles. The van der Waals surface area contributed by atoms with E-state index < -0.39 is 6.23 Å². The molecule has 8 heteroatoms. The van der Waals surface area contributed by atoms with Gasteiger partial charge in [-0.25, -0.2) is 9.37 Å². The maximum atomic E-state index is 13.5. The Labute approximate surface area is 180 Å². The van der Waals surface area contributed by atoms with Crippen molar-refractivity contribution < 1.29 is 14.3 Å². The lowest BCUT2D eigenvalue weighted by Crippen LogP contribution is -2.38. The van der Waals surface area contributed by atoms with Crippen molar-refractivity contribution in [1.29, 1.82) is 0 Å². The highest BCUT2D eigenvalue weighted by Crippen LogP contribution is 2.37. The molecule has 0 bridgehead atoms. The highest BCUT2D eigenvalue weighted by atomic mass is 19.1. The number of anilines is 1. The van der Waals surface area contributed by atoms with E-state index in [0.717, 1.165) is 28.1 Å². The van der Waals surface area contributed by atoms with E-state index in [1.807, 2.05) is 35.6 Å². The van der Waals surface area contributed by atoms with Crippen LogP contribution in [0.1, 0.15) is 32.4 Å². The fraction of sp³-hybridized carbons (Fsp3) is 0.348. The zero-order valence-corrected chi connectivity index (χ0v) is 17.7. The minimum Gasteiger partial charge on any atom is -0.374 e. The highest BCUT2D eigenvalue weighted by Gasteiger charge is 2.27. The van der Waals surface area contributed by atoms with Crippen LogP contribution in [0.25, 0.3) is 22.4 Å². The average molecular weight is 423 g/mol. The Bertz CT molecular complexity index is 1080. The normalized spacial score (nSPS) is 14.3. The Morgan fingerprint density at radius 1 is 1.19 bits per heavy atom. The van der Waals surface area contributed by atoms with Crippen LogP contribution in [0, 0.1) is 5.82 Å². The summed E-state index contributed by atoms with van der Waals surface area (Å²) >= 11 is 0. The summed E-state index contributed by atoms with van der Waals surface area (Å²) in [7, 11) is 0. The Morgan fingerprint density at radius 2 is 1.97 bits per heavy atom. The minimum atomic E-state index is -0.696. The molecule has 0 aliphatic carbocycles. The van der Waals surface area contributed by atoms with Crippen molar-refractivity contribution in [3.8, 4) is 22.4 Å². The molecule has 1 aliphatic heterocycles. The maximum absolute atomic E-state index is 13.5. The Kier molecular flexibility index (Phi) is 5.99. The summed E-state index contributed by atoms with van der Waals surface area (Å²) in [5.41, 5.74) is 4.21. The van der Waals surface area contributed by atoms with Crippen molar-refractivity contribution in [2.24, 2.45) is 0 Å². The summed E-state index contributed by atoms with van der Waals surface area (Å²) in [6.45, 7) is 5.40. The number of nitrogens with zero attached hydrogens (tertiary/aromatic N) is 4. The second kappa shape index (κ2) is 8.85. The molecule has 0 saturated heterocycles. The van der Waals surface area contributed by atoms with Crippen LogP contribution in [0.4, 0.5) is 10.2 Å².